The second-order valence-electron chi connectivity index (χ2n) is 8.43. The number of hydrogen-bond acceptors (Lipinski definition) is 7. The van der Waals surface area contributed by atoms with Crippen LogP contribution in [0.5, 0.6) is 0 Å². The fourth-order valence-corrected chi connectivity index (χ4v) is 5.53. The van der Waals surface area contributed by atoms with E-state index in [-0.39, 0.29) is 17.9 Å². The highest BCUT2D eigenvalue weighted by atomic mass is 35.5. The summed E-state index contributed by atoms with van der Waals surface area (Å²) in [5, 5.41) is 11.6. The van der Waals surface area contributed by atoms with E-state index in [0.717, 1.165) is 0 Å². The van der Waals surface area contributed by atoms with Crippen molar-refractivity contribution in [3.8, 4) is 5.69 Å². The van der Waals surface area contributed by atoms with Crippen molar-refractivity contribution in [1.29, 1.82) is 0 Å². The molecule has 1 aliphatic rings. The number of fused-ring (bicyclic) bond motifs is 1. The lowest BCUT2D eigenvalue weighted by Gasteiger charge is -2.24. The number of halogens is 1. The molecule has 0 N–H and O–H groups in total. The summed E-state index contributed by atoms with van der Waals surface area (Å²) in [6, 6.07) is 16.1. The van der Waals surface area contributed by atoms with Gasteiger partial charge in [-0.05, 0) is 61.9 Å². The molecule has 2 aromatic carbocycles. The summed E-state index contributed by atoms with van der Waals surface area (Å²) in [6.07, 6.45) is 3.55. The minimum Gasteiger partial charge on any atom is -0.463 e. The maximum atomic E-state index is 13.8. The summed E-state index contributed by atoms with van der Waals surface area (Å²) in [5.41, 5.74) is 2.57. The molecule has 0 aliphatic carbocycles. The predicted octanol–water partition coefficient (Wildman–Crippen LogP) is 4.15. The van der Waals surface area contributed by atoms with Gasteiger partial charge < -0.3 is 9.30 Å². The molecule has 5 rings (SSSR count). The second-order valence-corrected chi connectivity index (χ2v) is 9.88. The normalized spacial score (nSPS) is 15.2. The average Bonchev–Trinajstić information content (AvgIpc) is 3.48. The first-order valence-corrected chi connectivity index (χ1v) is 12.8. The van der Waals surface area contributed by atoms with Gasteiger partial charge in [-0.2, -0.15) is 0 Å². The second kappa shape index (κ2) is 10.2. The lowest BCUT2D eigenvalue weighted by molar-refractivity contribution is -0.384. The minimum absolute atomic E-state index is 0.00858. The van der Waals surface area contributed by atoms with Gasteiger partial charge in [-0.25, -0.2) is 9.79 Å². The van der Waals surface area contributed by atoms with Crippen molar-refractivity contribution in [1.82, 2.24) is 9.13 Å². The molecule has 0 spiro atoms. The standard InChI is InChI=1S/C27H21ClN4O5S/c1-3-37-26(34)23-16(2)29-27-31(24(23)17-6-8-18(28)9-7-17)25(33)22(38-27)15-21-5-4-14-30(21)19-10-12-20(13-11-19)32(35)36/h4-15,24H,3H2,1-2H3/b22-15+/t24-/m1/s1. The first kappa shape index (κ1) is 25.4. The molecule has 0 bridgehead atoms. The smallest absolute Gasteiger partial charge is 0.338 e. The maximum absolute atomic E-state index is 13.8. The molecule has 2 aromatic heterocycles. The Morgan fingerprint density at radius 3 is 2.55 bits per heavy atom. The van der Waals surface area contributed by atoms with E-state index < -0.39 is 16.9 Å². The van der Waals surface area contributed by atoms with E-state index in [2.05, 4.69) is 4.99 Å². The van der Waals surface area contributed by atoms with E-state index in [9.17, 15) is 19.7 Å². The van der Waals surface area contributed by atoms with Crippen LogP contribution in [0.4, 0.5) is 5.69 Å². The average molecular weight is 549 g/mol. The molecule has 4 aromatic rings. The van der Waals surface area contributed by atoms with Crippen LogP contribution < -0.4 is 14.9 Å². The minimum atomic E-state index is -0.730. The number of non-ortho nitro benzene ring substituents is 1. The van der Waals surface area contributed by atoms with E-state index in [4.69, 9.17) is 16.3 Å². The van der Waals surface area contributed by atoms with E-state index in [1.165, 1.54) is 28.0 Å². The topological polar surface area (TPSA) is 109 Å². The van der Waals surface area contributed by atoms with Crippen LogP contribution in [-0.2, 0) is 9.53 Å². The van der Waals surface area contributed by atoms with Crippen LogP contribution >= 0.6 is 22.9 Å². The quantitative estimate of drug-likeness (QED) is 0.204. The highest BCUT2D eigenvalue weighted by Gasteiger charge is 2.33. The molecule has 192 valence electrons. The number of rotatable bonds is 6. The predicted molar refractivity (Wildman–Crippen MR) is 144 cm³/mol. The Bertz CT molecular complexity index is 1770. The van der Waals surface area contributed by atoms with Crippen molar-refractivity contribution in [3.63, 3.8) is 0 Å². The van der Waals surface area contributed by atoms with Crippen LogP contribution in [0.1, 0.15) is 31.1 Å². The summed E-state index contributed by atoms with van der Waals surface area (Å²) in [4.78, 5) is 42.4. The molecular formula is C27H21ClN4O5S. The number of carbonyl (C=O) groups is 1. The van der Waals surface area contributed by atoms with Gasteiger partial charge in [0.1, 0.15) is 0 Å². The number of nitro benzene ring substituents is 1. The van der Waals surface area contributed by atoms with Crippen molar-refractivity contribution in [2.75, 3.05) is 6.61 Å². The van der Waals surface area contributed by atoms with Crippen molar-refractivity contribution in [2.24, 2.45) is 4.99 Å². The lowest BCUT2D eigenvalue weighted by Crippen LogP contribution is -2.40. The lowest BCUT2D eigenvalue weighted by atomic mass is 9.96. The van der Waals surface area contributed by atoms with Crippen LogP contribution in [0.15, 0.2) is 87.9 Å². The number of thiazole rings is 1. The molecule has 0 saturated carbocycles. The Morgan fingerprint density at radius 1 is 1.18 bits per heavy atom. The SMILES string of the molecule is CCOC(=O)C1=C(C)N=c2s/c(=C/c3cccn3-c3ccc([N+](=O)[O-])cc3)c(=O)n2[C@@H]1c1ccc(Cl)cc1. The zero-order valence-electron chi connectivity index (χ0n) is 20.3. The Labute approximate surface area is 225 Å². The van der Waals surface area contributed by atoms with E-state index in [1.807, 2.05) is 22.9 Å². The monoisotopic (exact) mass is 548 g/mol. The molecule has 0 saturated heterocycles. The van der Waals surface area contributed by atoms with Crippen LogP contribution in [-0.4, -0.2) is 26.6 Å². The number of nitrogens with zero attached hydrogens (tertiary/aromatic N) is 4. The molecule has 0 fully saturated rings. The number of aromatic nitrogens is 2. The highest BCUT2D eigenvalue weighted by Crippen LogP contribution is 2.31. The third-order valence-corrected chi connectivity index (χ3v) is 7.34. The first-order valence-electron chi connectivity index (χ1n) is 11.7. The number of carbonyl (C=O) groups excluding carboxylic acids is 1. The number of hydrogen-bond donors (Lipinski definition) is 0. The molecule has 1 aliphatic heterocycles. The zero-order valence-corrected chi connectivity index (χ0v) is 21.9. The molecule has 1 atom stereocenters. The maximum Gasteiger partial charge on any atom is 0.338 e. The fraction of sp³-hybridized carbons (Fsp3) is 0.148. The molecular weight excluding hydrogens is 528 g/mol. The Kier molecular flexibility index (Phi) is 6.83. The third-order valence-electron chi connectivity index (χ3n) is 6.10. The van der Waals surface area contributed by atoms with Crippen LogP contribution in [0.2, 0.25) is 5.02 Å². The van der Waals surface area contributed by atoms with Crippen molar-refractivity contribution >= 4 is 40.7 Å². The molecule has 38 heavy (non-hydrogen) atoms. The molecule has 3 heterocycles. The Morgan fingerprint density at radius 2 is 1.89 bits per heavy atom. The zero-order chi connectivity index (χ0) is 27.0. The van der Waals surface area contributed by atoms with Gasteiger partial charge in [0, 0.05) is 34.7 Å². The van der Waals surface area contributed by atoms with E-state index in [0.29, 0.717) is 42.6 Å². The number of allylic oxidation sites excluding steroid dienone is 1. The molecule has 0 amide bonds. The van der Waals surface area contributed by atoms with Gasteiger partial charge in [0.05, 0.1) is 33.4 Å². The Hall–Kier alpha value is -4.28. The molecule has 0 unspecified atom stereocenters. The third kappa shape index (κ3) is 4.59. The number of benzene rings is 2. The van der Waals surface area contributed by atoms with Gasteiger partial charge in [-0.3, -0.25) is 19.5 Å². The van der Waals surface area contributed by atoms with Crippen molar-refractivity contribution in [3.05, 3.63) is 124 Å². The van der Waals surface area contributed by atoms with Gasteiger partial charge >= 0.3 is 5.97 Å². The van der Waals surface area contributed by atoms with Crippen LogP contribution in [0, 0.1) is 10.1 Å². The largest absolute Gasteiger partial charge is 0.463 e. The van der Waals surface area contributed by atoms with Crippen LogP contribution in [0.3, 0.4) is 0 Å². The van der Waals surface area contributed by atoms with Crippen molar-refractivity contribution < 1.29 is 14.5 Å². The molecule has 0 radical (unpaired) electrons. The van der Waals surface area contributed by atoms with Crippen LogP contribution in [0.25, 0.3) is 11.8 Å². The summed E-state index contributed by atoms with van der Waals surface area (Å²) >= 11 is 7.32. The molecule has 11 heteroatoms. The van der Waals surface area contributed by atoms with Gasteiger partial charge in [-0.1, -0.05) is 35.1 Å². The number of nitro groups is 1. The fourth-order valence-electron chi connectivity index (χ4n) is 4.37. The Balaban J connectivity index is 1.66. The first-order chi connectivity index (χ1) is 18.3. The van der Waals surface area contributed by atoms with Gasteiger partial charge in [0.25, 0.3) is 11.2 Å². The number of esters is 1. The highest BCUT2D eigenvalue weighted by molar-refractivity contribution is 7.07. The summed E-state index contributed by atoms with van der Waals surface area (Å²) in [6.45, 7) is 3.64. The summed E-state index contributed by atoms with van der Waals surface area (Å²) in [7, 11) is 0. The number of ether oxygens (including phenoxy) is 1. The van der Waals surface area contributed by atoms with E-state index in [1.54, 1.807) is 56.3 Å². The summed E-state index contributed by atoms with van der Waals surface area (Å²) < 4.78 is 9.07. The van der Waals surface area contributed by atoms with E-state index >= 15 is 0 Å². The van der Waals surface area contributed by atoms with Gasteiger partial charge in [0.15, 0.2) is 4.80 Å². The van der Waals surface area contributed by atoms with Gasteiger partial charge in [0.2, 0.25) is 0 Å². The summed E-state index contributed by atoms with van der Waals surface area (Å²) in [5.74, 6) is -0.532. The van der Waals surface area contributed by atoms with Gasteiger partial charge in [-0.15, -0.1) is 0 Å². The van der Waals surface area contributed by atoms with Crippen molar-refractivity contribution in [2.45, 2.75) is 19.9 Å². The molecule has 9 nitrogen and oxygen atoms in total.